The van der Waals surface area contributed by atoms with Crippen molar-refractivity contribution in [1.29, 1.82) is 21.0 Å². The largest absolute Gasteiger partial charge is 0.308 e. The number of amides is 2. The van der Waals surface area contributed by atoms with Crippen LogP contribution in [-0.4, -0.2) is 28.3 Å². The Morgan fingerprint density at radius 2 is 1.00 bits per heavy atom. The average molecular weight is 579 g/mol. The standard InChI is InChI=1S/C37H18N6O2/c1-42-36(44)31-3-2-4-32(35(31)37(42)45)43-33-15-25(27-11-21(17-38)9-22(12-27)18-39)5-7-29(33)30-8-6-26(16-34(30)43)28-13-23(19-40)10-24(14-28)20-41/h2-16H,1H3. The van der Waals surface area contributed by atoms with E-state index in [4.69, 9.17) is 0 Å². The highest BCUT2D eigenvalue weighted by Gasteiger charge is 2.36. The van der Waals surface area contributed by atoms with Crippen LogP contribution in [0.2, 0.25) is 0 Å². The molecule has 1 aliphatic heterocycles. The summed E-state index contributed by atoms with van der Waals surface area (Å²) in [7, 11) is 1.46. The number of carbonyl (C=O) groups excluding carboxylic acids is 2. The molecule has 0 saturated heterocycles. The molecule has 208 valence electrons. The van der Waals surface area contributed by atoms with Gasteiger partial charge in [-0.15, -0.1) is 0 Å². The first-order valence-corrected chi connectivity index (χ1v) is 13.8. The van der Waals surface area contributed by atoms with Crippen molar-refractivity contribution in [2.75, 3.05) is 7.05 Å². The zero-order chi connectivity index (χ0) is 31.4. The molecule has 1 aliphatic rings. The Hall–Kier alpha value is -7.00. The van der Waals surface area contributed by atoms with Crippen molar-refractivity contribution in [3.05, 3.63) is 124 Å². The summed E-state index contributed by atoms with van der Waals surface area (Å²) in [4.78, 5) is 27.5. The first-order valence-electron chi connectivity index (χ1n) is 13.8. The van der Waals surface area contributed by atoms with E-state index in [2.05, 4.69) is 24.3 Å². The maximum atomic E-state index is 13.4. The van der Waals surface area contributed by atoms with Crippen molar-refractivity contribution >= 4 is 33.6 Å². The van der Waals surface area contributed by atoms with Gasteiger partial charge in [0.1, 0.15) is 0 Å². The van der Waals surface area contributed by atoms with E-state index in [1.807, 2.05) is 41.0 Å². The molecule has 1 aromatic heterocycles. The number of imide groups is 1. The summed E-state index contributed by atoms with van der Waals surface area (Å²) < 4.78 is 1.94. The van der Waals surface area contributed by atoms with Gasteiger partial charge in [0.15, 0.2) is 0 Å². The highest BCUT2D eigenvalue weighted by molar-refractivity contribution is 6.23. The van der Waals surface area contributed by atoms with Crippen LogP contribution in [0.1, 0.15) is 43.0 Å². The molecule has 0 saturated carbocycles. The molecule has 0 aliphatic carbocycles. The van der Waals surface area contributed by atoms with Gasteiger partial charge in [0.05, 0.1) is 74.4 Å². The number of hydrogen-bond acceptors (Lipinski definition) is 6. The van der Waals surface area contributed by atoms with Crippen LogP contribution < -0.4 is 0 Å². The SMILES string of the molecule is CN1C(=O)c2cccc(-n3c4cc(-c5cc(C#N)cc(C#N)c5)ccc4c4ccc(-c5cc(C#N)cc(C#N)c5)cc43)c2C1=O. The van der Waals surface area contributed by atoms with Crippen molar-refractivity contribution in [2.45, 2.75) is 0 Å². The Kier molecular flexibility index (Phi) is 6.01. The van der Waals surface area contributed by atoms with Crippen LogP contribution in [-0.2, 0) is 0 Å². The Bertz CT molecular complexity index is 2300. The molecule has 6 aromatic rings. The topological polar surface area (TPSA) is 137 Å². The van der Waals surface area contributed by atoms with Crippen molar-refractivity contribution < 1.29 is 9.59 Å². The maximum absolute atomic E-state index is 13.4. The molecule has 0 unspecified atom stereocenters. The third-order valence-corrected chi connectivity index (χ3v) is 8.15. The molecule has 0 radical (unpaired) electrons. The minimum atomic E-state index is -0.409. The van der Waals surface area contributed by atoms with Gasteiger partial charge in [-0.2, -0.15) is 21.0 Å². The van der Waals surface area contributed by atoms with Crippen molar-refractivity contribution in [1.82, 2.24) is 9.47 Å². The molecule has 7 rings (SSSR count). The zero-order valence-corrected chi connectivity index (χ0v) is 23.7. The summed E-state index contributed by atoms with van der Waals surface area (Å²) in [5.41, 5.74) is 6.93. The lowest BCUT2D eigenvalue weighted by molar-refractivity contribution is 0.0693. The van der Waals surface area contributed by atoms with Crippen LogP contribution in [0.3, 0.4) is 0 Å². The molecule has 0 fully saturated rings. The monoisotopic (exact) mass is 578 g/mol. The van der Waals surface area contributed by atoms with Crippen LogP contribution in [0, 0.1) is 45.3 Å². The fourth-order valence-corrected chi connectivity index (χ4v) is 6.05. The van der Waals surface area contributed by atoms with Gasteiger partial charge in [-0.25, -0.2) is 0 Å². The number of benzene rings is 5. The number of carbonyl (C=O) groups is 2. The van der Waals surface area contributed by atoms with Gasteiger partial charge in [-0.05, 0) is 82.9 Å². The van der Waals surface area contributed by atoms with Crippen molar-refractivity contribution in [3.63, 3.8) is 0 Å². The molecule has 0 N–H and O–H groups in total. The minimum absolute atomic E-state index is 0.288. The van der Waals surface area contributed by atoms with Gasteiger partial charge >= 0.3 is 0 Å². The summed E-state index contributed by atoms with van der Waals surface area (Å²) >= 11 is 0. The highest BCUT2D eigenvalue weighted by atomic mass is 16.2. The van der Waals surface area contributed by atoms with Crippen molar-refractivity contribution in [2.24, 2.45) is 0 Å². The molecule has 5 aromatic carbocycles. The molecule has 8 heteroatoms. The predicted molar refractivity (Wildman–Crippen MR) is 167 cm³/mol. The Morgan fingerprint density at radius 3 is 1.44 bits per heavy atom. The maximum Gasteiger partial charge on any atom is 0.263 e. The second-order valence-electron chi connectivity index (χ2n) is 10.7. The van der Waals surface area contributed by atoms with E-state index in [0.29, 0.717) is 44.6 Å². The van der Waals surface area contributed by atoms with Gasteiger partial charge in [-0.3, -0.25) is 14.5 Å². The van der Waals surface area contributed by atoms with Crippen LogP contribution >= 0.6 is 0 Å². The average Bonchev–Trinajstić information content (AvgIpc) is 3.53. The van der Waals surface area contributed by atoms with Gasteiger partial charge in [0.25, 0.3) is 11.8 Å². The smallest absolute Gasteiger partial charge is 0.263 e. The van der Waals surface area contributed by atoms with Gasteiger partial charge in [-0.1, -0.05) is 30.3 Å². The number of hydrogen-bond donors (Lipinski definition) is 0. The quantitative estimate of drug-likeness (QED) is 0.211. The number of rotatable bonds is 3. The summed E-state index contributed by atoms with van der Waals surface area (Å²) in [5.74, 6) is -0.789. The van der Waals surface area contributed by atoms with E-state index in [0.717, 1.165) is 37.8 Å². The van der Waals surface area contributed by atoms with Crippen molar-refractivity contribution in [3.8, 4) is 52.2 Å². The van der Waals surface area contributed by atoms with Gasteiger partial charge in [0.2, 0.25) is 0 Å². The van der Waals surface area contributed by atoms with Gasteiger partial charge in [0, 0.05) is 17.8 Å². The predicted octanol–water partition coefficient (Wildman–Crippen LogP) is 6.83. The van der Waals surface area contributed by atoms with Crippen LogP contribution in [0.15, 0.2) is 91.0 Å². The molecular formula is C37H18N6O2. The van der Waals surface area contributed by atoms with E-state index in [-0.39, 0.29) is 11.5 Å². The number of nitrogens with zero attached hydrogens (tertiary/aromatic N) is 6. The number of nitriles is 4. The second-order valence-corrected chi connectivity index (χ2v) is 10.7. The normalized spacial score (nSPS) is 12.1. The van der Waals surface area contributed by atoms with Gasteiger partial charge < -0.3 is 4.57 Å². The molecule has 2 heterocycles. The number of aromatic nitrogens is 1. The molecule has 0 spiro atoms. The third-order valence-electron chi connectivity index (χ3n) is 8.15. The Morgan fingerprint density at radius 1 is 0.533 bits per heavy atom. The molecule has 2 amide bonds. The lowest BCUT2D eigenvalue weighted by Gasteiger charge is -2.13. The lowest BCUT2D eigenvalue weighted by Crippen LogP contribution is -2.24. The lowest BCUT2D eigenvalue weighted by atomic mass is 9.98. The van der Waals surface area contributed by atoms with Crippen LogP contribution in [0.5, 0.6) is 0 Å². The molecule has 45 heavy (non-hydrogen) atoms. The molecule has 0 atom stereocenters. The first kappa shape index (κ1) is 26.9. The summed E-state index contributed by atoms with van der Waals surface area (Å²) in [6.07, 6.45) is 0. The van der Waals surface area contributed by atoms with E-state index in [1.54, 1.807) is 42.5 Å². The second kappa shape index (κ2) is 10.1. The first-order chi connectivity index (χ1) is 21.8. The molecule has 8 nitrogen and oxygen atoms in total. The minimum Gasteiger partial charge on any atom is -0.308 e. The molecular weight excluding hydrogens is 560 g/mol. The highest BCUT2D eigenvalue weighted by Crippen LogP contribution is 2.39. The molecule has 0 bridgehead atoms. The fourth-order valence-electron chi connectivity index (χ4n) is 6.05. The summed E-state index contributed by atoms with van der Waals surface area (Å²) in [6, 6.07) is 35.3. The van der Waals surface area contributed by atoms with E-state index in [9.17, 15) is 30.6 Å². The van der Waals surface area contributed by atoms with Crippen LogP contribution in [0.4, 0.5) is 0 Å². The summed E-state index contributed by atoms with van der Waals surface area (Å²) in [6.45, 7) is 0. The van der Waals surface area contributed by atoms with Crippen LogP contribution in [0.25, 0.3) is 49.7 Å². The summed E-state index contributed by atoms with van der Waals surface area (Å²) in [5, 5.41) is 40.0. The zero-order valence-electron chi connectivity index (χ0n) is 23.7. The van der Waals surface area contributed by atoms with E-state index < -0.39 is 5.91 Å². The van der Waals surface area contributed by atoms with E-state index >= 15 is 0 Å². The number of fused-ring (bicyclic) bond motifs is 4. The fraction of sp³-hybridized carbons (Fsp3) is 0.0270. The Balaban J connectivity index is 1.57. The van der Waals surface area contributed by atoms with E-state index in [1.165, 1.54) is 19.2 Å². The third kappa shape index (κ3) is 4.11. The Labute approximate surface area is 257 Å².